The highest BCUT2D eigenvalue weighted by atomic mass is 16.4. The Labute approximate surface area is 570 Å². The van der Waals surface area contributed by atoms with Gasteiger partial charge in [-0.25, -0.2) is 0 Å². The molecule has 12 aliphatic carbocycles. The Kier molecular flexibility index (Phi) is 19.8. The van der Waals surface area contributed by atoms with Gasteiger partial charge < -0.3 is 40.9 Å². The summed E-state index contributed by atoms with van der Waals surface area (Å²) in [6.07, 6.45) is 31.4. The molecule has 0 amide bonds. The standard InChI is InChI=1S/2C27H44O4.C27H42O4/c3*1-16(6-5-7-17(2)25(30)31)20-8-9-21-24-22(11-13-27(20,21)4)26(3)12-10-19(28)14-18(26)15-23(24)29/h2*15-17,19-24,28-29H,5-14H2,1-4H3,(H,30,31);15-17,19-22,24,28H,5-14H2,1-4H3,(H,30,31)/t16-,17-,19+,20-,21+,22+,23+,24+,26+,27-;16-,17-,19+,20-,21+,22+,23-,24+,26+,27-;16-,17-,19+,20-,21+,22+,24+,26+,27-/m111/s1/i2*23D,29D;/hD2. The zero-order valence-electron chi connectivity index (χ0n) is 65.6. The summed E-state index contributed by atoms with van der Waals surface area (Å²) in [5, 5.41) is 58.7. The molecule has 0 bridgehead atoms. The minimum absolute atomic E-state index is 0.000601. The molecule has 0 spiro atoms. The number of allylic oxidation sites excluding steroid dienone is 1. The van der Waals surface area contributed by atoms with Crippen molar-refractivity contribution in [3.63, 3.8) is 0 Å². The van der Waals surface area contributed by atoms with Crippen LogP contribution in [-0.2, 0) is 19.2 Å². The number of fused-ring (bicyclic) bond motifs is 15. The summed E-state index contributed by atoms with van der Waals surface area (Å²) in [7, 11) is 0. The number of carbonyl (C=O) groups excluding carboxylic acids is 1. The molecule has 0 unspecified atom stereocenters. The van der Waals surface area contributed by atoms with Crippen molar-refractivity contribution in [2.75, 3.05) is 0 Å². The fourth-order valence-corrected chi connectivity index (χ4v) is 25.3. The number of hydrogen-bond acceptors (Lipinski definition) is 11. The van der Waals surface area contributed by atoms with E-state index in [-0.39, 0.29) is 86.3 Å². The van der Waals surface area contributed by atoms with Crippen LogP contribution in [0, 0.1) is 139 Å². The summed E-state index contributed by atoms with van der Waals surface area (Å²) in [4.78, 5) is 47.7. The molecule has 0 aromatic carbocycles. The summed E-state index contributed by atoms with van der Waals surface area (Å²) in [5.41, 5.74) is 4.08. The lowest BCUT2D eigenvalue weighted by Crippen LogP contribution is -2.54. The van der Waals surface area contributed by atoms with Crippen LogP contribution in [0.5, 0.6) is 0 Å². The fraction of sp³-hybridized carbons (Fsp3) is 0.877. The van der Waals surface area contributed by atoms with E-state index < -0.39 is 30.1 Å². The molecule has 0 aromatic rings. The Balaban J connectivity index is 0.000000161. The van der Waals surface area contributed by atoms with Gasteiger partial charge in [-0.1, -0.05) is 150 Å². The number of carboxylic acids is 3. The Morgan fingerprint density at radius 1 is 0.452 bits per heavy atom. The van der Waals surface area contributed by atoms with Gasteiger partial charge in [0.05, 0.1) is 51.0 Å². The normalized spacial score (nSPS) is 47.9. The van der Waals surface area contributed by atoms with Gasteiger partial charge in [-0.3, -0.25) is 19.2 Å². The topological polar surface area (TPSA) is 230 Å². The smallest absolute Gasteiger partial charge is 0.306 e. The predicted molar refractivity (Wildman–Crippen MR) is 366 cm³/mol. The zero-order valence-corrected chi connectivity index (χ0v) is 59.6. The molecule has 12 rings (SSSR count). The van der Waals surface area contributed by atoms with Gasteiger partial charge in [-0.15, -0.1) is 0 Å². The Hall–Kier alpha value is -2.90. The van der Waals surface area contributed by atoms with Crippen molar-refractivity contribution in [1.29, 1.82) is 5.72 Å². The Bertz CT molecular complexity index is 2850. The second kappa shape index (κ2) is 28.4. The van der Waals surface area contributed by atoms with Crippen molar-refractivity contribution in [2.45, 2.75) is 306 Å². The molecule has 12 heteroatoms. The zero-order chi connectivity index (χ0) is 72.3. The van der Waals surface area contributed by atoms with E-state index in [1.165, 1.54) is 18.4 Å². The predicted octanol–water partition coefficient (Wildman–Crippen LogP) is 16.5. The lowest BCUT2D eigenvalue weighted by molar-refractivity contribution is -0.142. The van der Waals surface area contributed by atoms with Gasteiger partial charge in [0.25, 0.3) is 2.86 Å². The lowest BCUT2D eigenvalue weighted by atomic mass is 9.46. The number of rotatable bonds is 20. The number of aliphatic carboxylic acids is 3. The van der Waals surface area contributed by atoms with E-state index in [0.29, 0.717) is 96.1 Å². The van der Waals surface area contributed by atoms with E-state index >= 15 is 0 Å². The maximum atomic E-state index is 13.4. The van der Waals surface area contributed by atoms with Crippen molar-refractivity contribution in [3.05, 3.63) is 34.9 Å². The highest BCUT2D eigenvalue weighted by Gasteiger charge is 2.65. The number of carbonyl (C=O) groups is 4. The van der Waals surface area contributed by atoms with Crippen LogP contribution in [0.2, 0.25) is 0 Å². The first-order chi connectivity index (χ1) is 46.6. The maximum Gasteiger partial charge on any atom is 0.306 e. The van der Waals surface area contributed by atoms with E-state index in [4.69, 9.17) is 21.0 Å². The van der Waals surface area contributed by atoms with Gasteiger partial charge in [-0.2, -0.15) is 0 Å². The third-order valence-corrected chi connectivity index (χ3v) is 31.2. The molecule has 9 fully saturated rings. The first-order valence-corrected chi connectivity index (χ1v) is 38.2. The van der Waals surface area contributed by atoms with Crippen LogP contribution in [0.1, 0.15) is 278 Å². The minimum Gasteiger partial charge on any atom is -0.481 e. The van der Waals surface area contributed by atoms with Crippen LogP contribution in [0.4, 0.5) is 0 Å². The van der Waals surface area contributed by atoms with Crippen LogP contribution >= 0.6 is 0 Å². The van der Waals surface area contributed by atoms with Gasteiger partial charge in [0.2, 0.25) is 2.86 Å². The van der Waals surface area contributed by atoms with Crippen molar-refractivity contribution < 1.29 is 62.8 Å². The lowest BCUT2D eigenvalue weighted by Gasteiger charge is -2.59. The highest BCUT2D eigenvalue weighted by molar-refractivity contribution is 5.94. The molecule has 0 aliphatic heterocycles. The molecular formula is C81H130O12. The third kappa shape index (κ3) is 13.7. The number of carboxylic acid groups (broad SMARTS) is 3. The Morgan fingerprint density at radius 2 is 0.796 bits per heavy atom. The summed E-state index contributed by atoms with van der Waals surface area (Å²) in [6.45, 7) is 26.9. The summed E-state index contributed by atoms with van der Waals surface area (Å²) in [5.74, 6) is 3.90. The average molecular weight is 1300 g/mol. The molecule has 0 aromatic heterocycles. The molecule has 0 saturated heterocycles. The average Bonchev–Trinajstić information content (AvgIpc) is 1.70. The maximum absolute atomic E-state index is 13.4. The molecule has 9 saturated carbocycles. The second-order valence-electron chi connectivity index (χ2n) is 36.0. The van der Waals surface area contributed by atoms with E-state index in [2.05, 4.69) is 72.5 Å². The summed E-state index contributed by atoms with van der Waals surface area (Å²) < 4.78 is 48.0. The van der Waals surface area contributed by atoms with Crippen LogP contribution in [-0.4, -0.2) is 97.9 Å². The van der Waals surface area contributed by atoms with Gasteiger partial charge in [0, 0.05) is 5.92 Å². The van der Waals surface area contributed by atoms with Crippen molar-refractivity contribution in [2.24, 2.45) is 139 Å². The van der Waals surface area contributed by atoms with Gasteiger partial charge in [-0.05, 0) is 276 Å². The van der Waals surface area contributed by atoms with Crippen molar-refractivity contribution in [1.82, 2.24) is 0 Å². The third-order valence-electron chi connectivity index (χ3n) is 31.2. The summed E-state index contributed by atoms with van der Waals surface area (Å²) in [6, 6.07) is 0. The molecule has 12 nitrogen and oxygen atoms in total. The quantitative estimate of drug-likeness (QED) is 0.0532. The molecular weight excluding hydrogens is 1160 g/mol. The minimum atomic E-state index is -1.34. The fourth-order valence-electron chi connectivity index (χ4n) is 25.3. The molecule has 12 aliphatic rings. The van der Waals surface area contributed by atoms with E-state index in [1.54, 1.807) is 0 Å². The largest absolute Gasteiger partial charge is 0.481 e. The summed E-state index contributed by atoms with van der Waals surface area (Å²) >= 11 is 0. The number of aliphatic hydroxyl groups is 5. The SMILES string of the molecule is C[C@H](CCC[C@@H](C)[C@H]1CC[C@H]2[C@@H]3C(=O)C=C4C[C@@H](O)CC[C@]4(C)[C@H]3CC[C@]12C)C(=O)O.[2H]OC(=O)[C@H](C)CCC[C@@H](C)[C@H]1CC[C@H]2[C@H]3[C@H](CC[C@]12C)[C@@]1(C)CC[C@H](O)CC1=C[C@@]3([2H])O[2H].[2H]OC(=O)[C@H](C)CCC[C@@H](C)[C@H]1CC[C@H]2[C@H]3[C@H](CC[C@]12C)[C@@]1(C)CC[C@H](O)CC1=C[C@]3([2H])O[2H]. The van der Waals surface area contributed by atoms with Crippen molar-refractivity contribution >= 4 is 23.7 Å². The first kappa shape index (κ1) is 64.8. The van der Waals surface area contributed by atoms with Crippen LogP contribution in [0.25, 0.3) is 2.86 Å². The van der Waals surface area contributed by atoms with Crippen LogP contribution in [0.15, 0.2) is 34.9 Å². The van der Waals surface area contributed by atoms with Gasteiger partial charge >= 0.3 is 17.9 Å². The van der Waals surface area contributed by atoms with Crippen LogP contribution < -0.4 is 0 Å². The monoisotopic (exact) mass is 1300 g/mol. The van der Waals surface area contributed by atoms with Gasteiger partial charge in [0.15, 0.2) is 5.78 Å². The molecule has 93 heavy (non-hydrogen) atoms. The van der Waals surface area contributed by atoms with Crippen LogP contribution in [0.3, 0.4) is 0 Å². The van der Waals surface area contributed by atoms with Crippen molar-refractivity contribution in [3.8, 4) is 0 Å². The molecule has 0 radical (unpaired) electrons. The van der Waals surface area contributed by atoms with E-state index in [0.717, 1.165) is 172 Å². The number of aliphatic hydroxyl groups excluding tert-OH is 3. The number of ketones is 1. The molecule has 0 heterocycles. The first-order valence-electron chi connectivity index (χ1n) is 40.8. The Morgan fingerprint density at radius 3 is 1.17 bits per heavy atom. The second-order valence-corrected chi connectivity index (χ2v) is 36.0. The number of hydrogen-bond donors (Lipinski definition) is 8. The van der Waals surface area contributed by atoms with E-state index in [9.17, 15) is 37.2 Å². The van der Waals surface area contributed by atoms with Gasteiger partial charge in [0.1, 0.15) is 0 Å². The molecule has 526 valence electrons. The van der Waals surface area contributed by atoms with E-state index in [1.807, 2.05) is 39.0 Å². The molecule has 8 N–H and O–H groups in total. The highest BCUT2D eigenvalue weighted by Crippen LogP contribution is 2.71. The molecule has 29 atom stereocenters.